The van der Waals surface area contributed by atoms with Gasteiger partial charge in [-0.3, -0.25) is 0 Å². The largest absolute Gasteiger partial charge is 0.381 e. The maximum Gasteiger partial charge on any atom is 0.191 e. The molecular formula is C18H28N4O. The first-order valence-corrected chi connectivity index (χ1v) is 8.24. The molecule has 0 aliphatic rings. The first-order chi connectivity index (χ1) is 11.2. The van der Waals surface area contributed by atoms with Crippen molar-refractivity contribution in [2.24, 2.45) is 10.9 Å². The minimum Gasteiger partial charge on any atom is -0.381 e. The van der Waals surface area contributed by atoms with Crippen LogP contribution >= 0.6 is 0 Å². The van der Waals surface area contributed by atoms with Gasteiger partial charge in [-0.05, 0) is 37.0 Å². The lowest BCUT2D eigenvalue weighted by atomic mass is 10.1. The van der Waals surface area contributed by atoms with Gasteiger partial charge in [-0.15, -0.1) is 0 Å². The van der Waals surface area contributed by atoms with E-state index in [2.05, 4.69) is 35.5 Å². The second kappa shape index (κ2) is 11.5. The third kappa shape index (κ3) is 8.84. The van der Waals surface area contributed by atoms with Gasteiger partial charge >= 0.3 is 0 Å². The lowest BCUT2D eigenvalue weighted by Crippen LogP contribution is -2.38. The second-order valence-corrected chi connectivity index (χ2v) is 5.76. The average molecular weight is 316 g/mol. The summed E-state index contributed by atoms with van der Waals surface area (Å²) in [5.41, 5.74) is 1.69. The number of nitrogens with one attached hydrogen (secondary N) is 2. The molecule has 1 aromatic carbocycles. The zero-order chi connectivity index (χ0) is 16.9. The van der Waals surface area contributed by atoms with E-state index in [9.17, 15) is 0 Å². The van der Waals surface area contributed by atoms with E-state index in [4.69, 9.17) is 10.00 Å². The van der Waals surface area contributed by atoms with Gasteiger partial charge in [-0.25, -0.2) is 4.99 Å². The van der Waals surface area contributed by atoms with Gasteiger partial charge in [0.25, 0.3) is 0 Å². The van der Waals surface area contributed by atoms with Crippen molar-refractivity contribution in [1.82, 2.24) is 10.6 Å². The molecule has 0 saturated heterocycles. The number of ether oxygens (including phenoxy) is 1. The van der Waals surface area contributed by atoms with Gasteiger partial charge in [0.2, 0.25) is 0 Å². The fraction of sp³-hybridized carbons (Fsp3) is 0.556. The van der Waals surface area contributed by atoms with E-state index >= 15 is 0 Å². The number of rotatable bonds is 9. The highest BCUT2D eigenvalue weighted by molar-refractivity contribution is 5.79. The van der Waals surface area contributed by atoms with Crippen molar-refractivity contribution in [3.63, 3.8) is 0 Å². The molecule has 0 spiro atoms. The van der Waals surface area contributed by atoms with E-state index in [-0.39, 0.29) is 0 Å². The van der Waals surface area contributed by atoms with Gasteiger partial charge < -0.3 is 15.4 Å². The van der Waals surface area contributed by atoms with Crippen molar-refractivity contribution >= 4 is 5.96 Å². The zero-order valence-electron chi connectivity index (χ0n) is 14.4. The number of nitrogens with zero attached hydrogens (tertiary/aromatic N) is 2. The van der Waals surface area contributed by atoms with Gasteiger partial charge in [0.1, 0.15) is 0 Å². The third-order valence-corrected chi connectivity index (χ3v) is 3.03. The van der Waals surface area contributed by atoms with E-state index in [1.54, 1.807) is 6.07 Å². The summed E-state index contributed by atoms with van der Waals surface area (Å²) in [6, 6.07) is 9.68. The molecule has 0 heterocycles. The summed E-state index contributed by atoms with van der Waals surface area (Å²) < 4.78 is 5.56. The molecule has 0 aliphatic carbocycles. The first kappa shape index (κ1) is 19.0. The molecule has 0 amide bonds. The molecule has 0 radical (unpaired) electrons. The summed E-state index contributed by atoms with van der Waals surface area (Å²) >= 11 is 0. The highest BCUT2D eigenvalue weighted by atomic mass is 16.5. The average Bonchev–Trinajstić information content (AvgIpc) is 2.55. The molecule has 2 N–H and O–H groups in total. The van der Waals surface area contributed by atoms with Crippen molar-refractivity contribution in [2.75, 3.05) is 26.3 Å². The Hall–Kier alpha value is -2.06. The quantitative estimate of drug-likeness (QED) is 0.417. The maximum absolute atomic E-state index is 8.92. The van der Waals surface area contributed by atoms with E-state index < -0.39 is 0 Å². The molecule has 5 nitrogen and oxygen atoms in total. The molecule has 1 rings (SSSR count). The fourth-order valence-electron chi connectivity index (χ4n) is 1.95. The summed E-state index contributed by atoms with van der Waals surface area (Å²) in [7, 11) is 0. The van der Waals surface area contributed by atoms with Crippen LogP contribution in [0.3, 0.4) is 0 Å². The standard InChI is InChI=1S/C18H28N4O/c1-4-20-18(21-9-6-10-23-14-15(2)3)22-13-17-8-5-7-16(11-17)12-19/h5,7-8,11,15H,4,6,9-10,13-14H2,1-3H3,(H2,20,21,22). The minimum absolute atomic E-state index is 0.550. The molecule has 0 saturated carbocycles. The Morgan fingerprint density at radius 1 is 1.35 bits per heavy atom. The Bertz CT molecular complexity index is 520. The van der Waals surface area contributed by atoms with Gasteiger partial charge in [-0.2, -0.15) is 5.26 Å². The third-order valence-electron chi connectivity index (χ3n) is 3.03. The van der Waals surface area contributed by atoms with E-state index in [1.165, 1.54) is 0 Å². The van der Waals surface area contributed by atoms with Crippen LogP contribution in [0.1, 0.15) is 38.3 Å². The monoisotopic (exact) mass is 316 g/mol. The number of guanidine groups is 1. The lowest BCUT2D eigenvalue weighted by Gasteiger charge is -2.12. The van der Waals surface area contributed by atoms with Crippen molar-refractivity contribution in [1.29, 1.82) is 5.26 Å². The van der Waals surface area contributed by atoms with Crippen LogP contribution in [0.25, 0.3) is 0 Å². The molecule has 0 aliphatic heterocycles. The number of benzene rings is 1. The maximum atomic E-state index is 8.92. The van der Waals surface area contributed by atoms with Crippen molar-refractivity contribution in [2.45, 2.75) is 33.7 Å². The van der Waals surface area contributed by atoms with Gasteiger partial charge in [0, 0.05) is 26.3 Å². The molecule has 126 valence electrons. The number of hydrogen-bond acceptors (Lipinski definition) is 3. The van der Waals surface area contributed by atoms with Crippen LogP contribution in [0, 0.1) is 17.2 Å². The fourth-order valence-corrected chi connectivity index (χ4v) is 1.95. The molecular weight excluding hydrogens is 288 g/mol. The summed E-state index contributed by atoms with van der Waals surface area (Å²) in [6.07, 6.45) is 0.945. The SMILES string of the molecule is CCNC(=NCc1cccc(C#N)c1)NCCCOCC(C)C. The topological polar surface area (TPSA) is 69.4 Å². The Balaban J connectivity index is 2.39. The predicted octanol–water partition coefficient (Wildman–Crippen LogP) is 2.68. The molecule has 0 unspecified atom stereocenters. The highest BCUT2D eigenvalue weighted by Crippen LogP contribution is 2.05. The predicted molar refractivity (Wildman–Crippen MR) is 94.2 cm³/mol. The van der Waals surface area contributed by atoms with Crippen LogP contribution in [0.5, 0.6) is 0 Å². The van der Waals surface area contributed by atoms with Crippen molar-refractivity contribution < 1.29 is 4.74 Å². The second-order valence-electron chi connectivity index (χ2n) is 5.76. The van der Waals surface area contributed by atoms with Crippen molar-refractivity contribution in [3.05, 3.63) is 35.4 Å². The molecule has 0 atom stereocenters. The lowest BCUT2D eigenvalue weighted by molar-refractivity contribution is 0.108. The molecule has 23 heavy (non-hydrogen) atoms. The summed E-state index contributed by atoms with van der Waals surface area (Å²) in [5, 5.41) is 15.4. The molecule has 1 aromatic rings. The van der Waals surface area contributed by atoms with E-state index in [1.807, 2.05) is 25.1 Å². The van der Waals surface area contributed by atoms with Crippen LogP contribution in [-0.2, 0) is 11.3 Å². The highest BCUT2D eigenvalue weighted by Gasteiger charge is 1.99. The number of aliphatic imine (C=N–C) groups is 1. The van der Waals surface area contributed by atoms with Gasteiger partial charge in [0.15, 0.2) is 5.96 Å². The van der Waals surface area contributed by atoms with Crippen LogP contribution in [0.2, 0.25) is 0 Å². The first-order valence-electron chi connectivity index (χ1n) is 8.24. The normalized spacial score (nSPS) is 11.3. The molecule has 0 bridgehead atoms. The number of hydrogen-bond donors (Lipinski definition) is 2. The summed E-state index contributed by atoms with van der Waals surface area (Å²) in [6.45, 7) is 10.1. The Morgan fingerprint density at radius 2 is 2.17 bits per heavy atom. The van der Waals surface area contributed by atoms with Crippen LogP contribution in [0.15, 0.2) is 29.3 Å². The van der Waals surface area contributed by atoms with Crippen LogP contribution in [-0.4, -0.2) is 32.3 Å². The summed E-state index contributed by atoms with van der Waals surface area (Å²) in [5.74, 6) is 1.37. The zero-order valence-corrected chi connectivity index (χ0v) is 14.4. The number of nitriles is 1. The van der Waals surface area contributed by atoms with Crippen LogP contribution < -0.4 is 10.6 Å². The Labute approximate surface area is 139 Å². The van der Waals surface area contributed by atoms with Gasteiger partial charge in [0.05, 0.1) is 18.2 Å². The summed E-state index contributed by atoms with van der Waals surface area (Å²) in [4.78, 5) is 4.55. The molecule has 5 heteroatoms. The molecule has 0 fully saturated rings. The molecule has 0 aromatic heterocycles. The minimum atomic E-state index is 0.550. The van der Waals surface area contributed by atoms with Crippen molar-refractivity contribution in [3.8, 4) is 6.07 Å². The Kier molecular flexibility index (Phi) is 9.49. The van der Waals surface area contributed by atoms with E-state index in [0.29, 0.717) is 18.0 Å². The smallest absolute Gasteiger partial charge is 0.191 e. The van der Waals surface area contributed by atoms with E-state index in [0.717, 1.165) is 44.2 Å². The Morgan fingerprint density at radius 3 is 2.87 bits per heavy atom. The van der Waals surface area contributed by atoms with Gasteiger partial charge in [-0.1, -0.05) is 26.0 Å². The van der Waals surface area contributed by atoms with Crippen LogP contribution in [0.4, 0.5) is 0 Å².